The minimum atomic E-state index is 0.135. The summed E-state index contributed by atoms with van der Waals surface area (Å²) in [5, 5.41) is 1.99. The molecule has 0 aliphatic carbocycles. The van der Waals surface area contributed by atoms with Crippen molar-refractivity contribution in [1.29, 1.82) is 0 Å². The molecule has 1 atom stereocenters. The molecule has 0 fully saturated rings. The molecule has 0 aromatic carbocycles. The lowest BCUT2D eigenvalue weighted by molar-refractivity contribution is 0.680. The SMILES string of the molecule is CC[C@H](N)c1cscn1. The first kappa shape index (κ1) is 6.71. The maximum Gasteiger partial charge on any atom is 0.0795 e. The Kier molecular flexibility index (Phi) is 2.19. The molecule has 0 aliphatic heterocycles. The van der Waals surface area contributed by atoms with Crippen LogP contribution in [0.25, 0.3) is 0 Å². The van der Waals surface area contributed by atoms with Crippen molar-refractivity contribution in [2.45, 2.75) is 19.4 Å². The van der Waals surface area contributed by atoms with Crippen LogP contribution in [-0.4, -0.2) is 4.98 Å². The summed E-state index contributed by atoms with van der Waals surface area (Å²) in [4.78, 5) is 4.08. The van der Waals surface area contributed by atoms with Crippen LogP contribution in [0, 0.1) is 0 Å². The third-order valence-corrected chi connectivity index (χ3v) is 1.88. The first-order chi connectivity index (χ1) is 4.34. The van der Waals surface area contributed by atoms with Gasteiger partial charge in [-0.2, -0.15) is 0 Å². The van der Waals surface area contributed by atoms with Crippen molar-refractivity contribution < 1.29 is 0 Å². The van der Waals surface area contributed by atoms with Gasteiger partial charge in [0.15, 0.2) is 0 Å². The Bertz CT molecular complexity index is 160. The standard InChI is InChI=1S/C6H10N2S/c1-2-5(7)6-3-9-4-8-6/h3-5H,2,7H2,1H3/t5-/m0/s1. The number of hydrogen-bond donors (Lipinski definition) is 1. The maximum atomic E-state index is 5.68. The van der Waals surface area contributed by atoms with E-state index in [-0.39, 0.29) is 6.04 Å². The van der Waals surface area contributed by atoms with Crippen LogP contribution >= 0.6 is 11.3 Å². The van der Waals surface area contributed by atoms with Crippen molar-refractivity contribution in [3.8, 4) is 0 Å². The van der Waals surface area contributed by atoms with E-state index in [2.05, 4.69) is 11.9 Å². The number of aromatic nitrogens is 1. The first-order valence-electron chi connectivity index (χ1n) is 2.98. The van der Waals surface area contributed by atoms with Crippen LogP contribution in [-0.2, 0) is 0 Å². The van der Waals surface area contributed by atoms with E-state index in [1.807, 2.05) is 10.9 Å². The summed E-state index contributed by atoms with van der Waals surface area (Å²) in [6.45, 7) is 2.06. The summed E-state index contributed by atoms with van der Waals surface area (Å²) in [6, 6.07) is 0.135. The fraction of sp³-hybridized carbons (Fsp3) is 0.500. The van der Waals surface area contributed by atoms with E-state index in [1.54, 1.807) is 11.3 Å². The molecule has 0 saturated heterocycles. The van der Waals surface area contributed by atoms with Crippen LogP contribution in [0.15, 0.2) is 10.9 Å². The van der Waals surface area contributed by atoms with Crippen LogP contribution in [0.1, 0.15) is 25.1 Å². The number of hydrogen-bond acceptors (Lipinski definition) is 3. The molecule has 0 aliphatic rings. The smallest absolute Gasteiger partial charge is 0.0795 e. The van der Waals surface area contributed by atoms with E-state index >= 15 is 0 Å². The van der Waals surface area contributed by atoms with Crippen molar-refractivity contribution in [2.24, 2.45) is 5.73 Å². The molecule has 1 rings (SSSR count). The highest BCUT2D eigenvalue weighted by atomic mass is 32.1. The molecule has 1 aromatic rings. The molecule has 9 heavy (non-hydrogen) atoms. The fourth-order valence-electron chi connectivity index (χ4n) is 0.614. The molecule has 2 nitrogen and oxygen atoms in total. The largest absolute Gasteiger partial charge is 0.323 e. The topological polar surface area (TPSA) is 38.9 Å². The lowest BCUT2D eigenvalue weighted by Crippen LogP contribution is -2.08. The van der Waals surface area contributed by atoms with E-state index in [9.17, 15) is 0 Å². The van der Waals surface area contributed by atoms with Crippen molar-refractivity contribution in [3.05, 3.63) is 16.6 Å². The molecule has 0 radical (unpaired) electrons. The molecular formula is C6H10N2S. The van der Waals surface area contributed by atoms with Crippen molar-refractivity contribution in [2.75, 3.05) is 0 Å². The predicted molar refractivity (Wildman–Crippen MR) is 39.3 cm³/mol. The molecule has 50 valence electrons. The number of thiazole rings is 1. The molecular weight excluding hydrogens is 132 g/mol. The summed E-state index contributed by atoms with van der Waals surface area (Å²) in [5.41, 5.74) is 8.51. The Hall–Kier alpha value is -0.410. The Labute approximate surface area is 58.7 Å². The normalized spacial score (nSPS) is 13.6. The highest BCUT2D eigenvalue weighted by molar-refractivity contribution is 7.07. The number of rotatable bonds is 2. The molecule has 0 unspecified atom stereocenters. The van der Waals surface area contributed by atoms with E-state index in [1.165, 1.54) is 0 Å². The minimum absolute atomic E-state index is 0.135. The third-order valence-electron chi connectivity index (χ3n) is 1.27. The van der Waals surface area contributed by atoms with Crippen LogP contribution in [0.4, 0.5) is 0 Å². The van der Waals surface area contributed by atoms with Crippen LogP contribution in [0.5, 0.6) is 0 Å². The third kappa shape index (κ3) is 1.50. The monoisotopic (exact) mass is 142 g/mol. The van der Waals surface area contributed by atoms with Gasteiger partial charge in [0.05, 0.1) is 11.2 Å². The molecule has 0 amide bonds. The highest BCUT2D eigenvalue weighted by Gasteiger charge is 2.02. The van der Waals surface area contributed by atoms with Gasteiger partial charge in [0.25, 0.3) is 0 Å². The quantitative estimate of drug-likeness (QED) is 0.680. The van der Waals surface area contributed by atoms with E-state index in [0.717, 1.165) is 12.1 Å². The van der Waals surface area contributed by atoms with Gasteiger partial charge >= 0.3 is 0 Å². The predicted octanol–water partition coefficient (Wildman–Crippen LogP) is 1.55. The summed E-state index contributed by atoms with van der Waals surface area (Å²) in [7, 11) is 0. The van der Waals surface area contributed by atoms with Gasteiger partial charge in [0.2, 0.25) is 0 Å². The number of nitrogens with zero attached hydrogens (tertiary/aromatic N) is 1. The Morgan fingerprint density at radius 2 is 2.67 bits per heavy atom. The summed E-state index contributed by atoms with van der Waals surface area (Å²) >= 11 is 1.59. The summed E-state index contributed by atoms with van der Waals surface area (Å²) < 4.78 is 0. The van der Waals surface area contributed by atoms with Gasteiger partial charge in [0.1, 0.15) is 0 Å². The second-order valence-corrected chi connectivity index (χ2v) is 2.65. The Morgan fingerprint density at radius 1 is 1.89 bits per heavy atom. The van der Waals surface area contributed by atoms with Crippen LogP contribution in [0.3, 0.4) is 0 Å². The highest BCUT2D eigenvalue weighted by Crippen LogP contribution is 2.12. The number of nitrogens with two attached hydrogens (primary N) is 1. The van der Waals surface area contributed by atoms with E-state index in [4.69, 9.17) is 5.73 Å². The fourth-order valence-corrected chi connectivity index (χ4v) is 1.23. The van der Waals surface area contributed by atoms with Crippen LogP contribution in [0.2, 0.25) is 0 Å². The lowest BCUT2D eigenvalue weighted by Gasteiger charge is -2.01. The van der Waals surface area contributed by atoms with Gasteiger partial charge in [-0.15, -0.1) is 11.3 Å². The maximum absolute atomic E-state index is 5.68. The molecule has 0 spiro atoms. The van der Waals surface area contributed by atoms with Crippen molar-refractivity contribution >= 4 is 11.3 Å². The van der Waals surface area contributed by atoms with Crippen molar-refractivity contribution in [1.82, 2.24) is 4.98 Å². The second-order valence-electron chi connectivity index (χ2n) is 1.93. The summed E-state index contributed by atoms with van der Waals surface area (Å²) in [5.74, 6) is 0. The molecule has 1 heterocycles. The van der Waals surface area contributed by atoms with Crippen LogP contribution < -0.4 is 5.73 Å². The average Bonchev–Trinajstić information content (AvgIpc) is 2.37. The molecule has 3 heteroatoms. The Balaban J connectivity index is 2.65. The van der Waals surface area contributed by atoms with Gasteiger partial charge < -0.3 is 5.73 Å². The second kappa shape index (κ2) is 2.94. The van der Waals surface area contributed by atoms with Gasteiger partial charge in [-0.1, -0.05) is 6.92 Å². The van der Waals surface area contributed by atoms with Gasteiger partial charge in [-0.3, -0.25) is 0 Å². The van der Waals surface area contributed by atoms with E-state index in [0.29, 0.717) is 0 Å². The zero-order valence-electron chi connectivity index (χ0n) is 5.37. The molecule has 2 N–H and O–H groups in total. The molecule has 0 saturated carbocycles. The lowest BCUT2D eigenvalue weighted by atomic mass is 10.2. The first-order valence-corrected chi connectivity index (χ1v) is 3.92. The van der Waals surface area contributed by atoms with Gasteiger partial charge in [-0.05, 0) is 6.42 Å². The summed E-state index contributed by atoms with van der Waals surface area (Å²) in [6.07, 6.45) is 0.962. The van der Waals surface area contributed by atoms with Gasteiger partial charge in [0, 0.05) is 11.4 Å². The zero-order valence-corrected chi connectivity index (χ0v) is 6.19. The van der Waals surface area contributed by atoms with Crippen molar-refractivity contribution in [3.63, 3.8) is 0 Å². The Morgan fingerprint density at radius 3 is 3.11 bits per heavy atom. The minimum Gasteiger partial charge on any atom is -0.323 e. The zero-order chi connectivity index (χ0) is 6.69. The molecule has 1 aromatic heterocycles. The van der Waals surface area contributed by atoms with Gasteiger partial charge in [-0.25, -0.2) is 4.98 Å². The molecule has 0 bridgehead atoms. The average molecular weight is 142 g/mol. The van der Waals surface area contributed by atoms with E-state index < -0.39 is 0 Å².